The zero-order valence-corrected chi connectivity index (χ0v) is 10.6. The standard InChI is InChI=1S/C13H11N3OS/c1-9-12(18-8-15-9)13(17)16-11(7-14)10-5-3-2-4-6-10/h2-6,8,11H,1H3,(H,16,17). The van der Waals surface area contributed by atoms with Crippen LogP contribution in [0.2, 0.25) is 0 Å². The van der Waals surface area contributed by atoms with Crippen molar-refractivity contribution in [2.75, 3.05) is 0 Å². The summed E-state index contributed by atoms with van der Waals surface area (Å²) in [5.74, 6) is -0.259. The summed E-state index contributed by atoms with van der Waals surface area (Å²) in [5.41, 5.74) is 3.08. The molecule has 1 unspecified atom stereocenters. The van der Waals surface area contributed by atoms with Gasteiger partial charge in [0.2, 0.25) is 0 Å². The maximum absolute atomic E-state index is 12.0. The van der Waals surface area contributed by atoms with Crippen LogP contribution >= 0.6 is 11.3 Å². The van der Waals surface area contributed by atoms with Crippen molar-refractivity contribution in [2.24, 2.45) is 0 Å². The minimum atomic E-state index is -0.639. The average molecular weight is 257 g/mol. The van der Waals surface area contributed by atoms with Crippen molar-refractivity contribution < 1.29 is 4.79 Å². The summed E-state index contributed by atoms with van der Waals surface area (Å²) in [6.45, 7) is 1.77. The number of carbonyl (C=O) groups is 1. The number of aryl methyl sites for hydroxylation is 1. The first-order valence-corrected chi connectivity index (χ1v) is 6.26. The first-order chi connectivity index (χ1) is 8.72. The normalized spacial score (nSPS) is 11.6. The summed E-state index contributed by atoms with van der Waals surface area (Å²) in [5, 5.41) is 11.8. The van der Waals surface area contributed by atoms with Crippen LogP contribution in [-0.4, -0.2) is 10.9 Å². The second-order valence-corrected chi connectivity index (χ2v) is 4.57. The molecule has 0 aliphatic carbocycles. The largest absolute Gasteiger partial charge is 0.332 e. The van der Waals surface area contributed by atoms with Crippen LogP contribution in [0.15, 0.2) is 35.8 Å². The fourth-order valence-corrected chi connectivity index (χ4v) is 2.26. The van der Waals surface area contributed by atoms with E-state index in [9.17, 15) is 4.79 Å². The van der Waals surface area contributed by atoms with Crippen molar-refractivity contribution >= 4 is 17.2 Å². The number of rotatable bonds is 3. The average Bonchev–Trinajstić information content (AvgIpc) is 2.83. The predicted octanol–water partition coefficient (Wildman–Crippen LogP) is 2.45. The van der Waals surface area contributed by atoms with E-state index in [1.165, 1.54) is 11.3 Å². The SMILES string of the molecule is Cc1ncsc1C(=O)NC(C#N)c1ccccc1. The summed E-state index contributed by atoms with van der Waals surface area (Å²) in [4.78, 5) is 16.5. The van der Waals surface area contributed by atoms with E-state index in [0.717, 1.165) is 5.56 Å². The van der Waals surface area contributed by atoms with Crippen molar-refractivity contribution in [3.63, 3.8) is 0 Å². The molecule has 90 valence electrons. The molecule has 0 aliphatic heterocycles. The van der Waals surface area contributed by atoms with Gasteiger partial charge in [-0.25, -0.2) is 4.98 Å². The topological polar surface area (TPSA) is 65.8 Å². The fourth-order valence-electron chi connectivity index (χ4n) is 1.55. The molecule has 0 saturated heterocycles. The third-order valence-corrected chi connectivity index (χ3v) is 3.42. The zero-order chi connectivity index (χ0) is 13.0. The van der Waals surface area contributed by atoms with Gasteiger partial charge in [0.25, 0.3) is 5.91 Å². The summed E-state index contributed by atoms with van der Waals surface area (Å²) >= 11 is 1.27. The number of hydrogen-bond acceptors (Lipinski definition) is 4. The van der Waals surface area contributed by atoms with Gasteiger partial charge in [0.05, 0.1) is 17.3 Å². The van der Waals surface area contributed by atoms with E-state index in [1.807, 2.05) is 30.3 Å². The lowest BCUT2D eigenvalue weighted by atomic mass is 10.1. The Hall–Kier alpha value is -2.19. The molecule has 1 atom stereocenters. The number of nitrogens with zero attached hydrogens (tertiary/aromatic N) is 2. The number of benzene rings is 1. The van der Waals surface area contributed by atoms with Crippen LogP contribution in [0, 0.1) is 18.3 Å². The van der Waals surface area contributed by atoms with E-state index in [-0.39, 0.29) is 5.91 Å². The van der Waals surface area contributed by atoms with Gasteiger partial charge in [-0.05, 0) is 12.5 Å². The Bertz CT molecular complexity index is 586. The number of aromatic nitrogens is 1. The minimum absolute atomic E-state index is 0.259. The Balaban J connectivity index is 2.16. The third-order valence-electron chi connectivity index (χ3n) is 2.49. The number of nitriles is 1. The van der Waals surface area contributed by atoms with E-state index in [0.29, 0.717) is 10.6 Å². The molecule has 1 aromatic heterocycles. The van der Waals surface area contributed by atoms with Gasteiger partial charge in [-0.1, -0.05) is 30.3 Å². The highest BCUT2D eigenvalue weighted by Crippen LogP contribution is 2.16. The molecule has 1 heterocycles. The first-order valence-electron chi connectivity index (χ1n) is 5.38. The quantitative estimate of drug-likeness (QED) is 0.918. The maximum Gasteiger partial charge on any atom is 0.264 e. The molecule has 0 radical (unpaired) electrons. The first kappa shape index (κ1) is 12.3. The smallest absolute Gasteiger partial charge is 0.264 e. The molecule has 0 bridgehead atoms. The zero-order valence-electron chi connectivity index (χ0n) is 9.75. The molecule has 0 fully saturated rings. The van der Waals surface area contributed by atoms with E-state index in [1.54, 1.807) is 12.4 Å². The van der Waals surface area contributed by atoms with Crippen molar-refractivity contribution in [1.82, 2.24) is 10.3 Å². The summed E-state index contributed by atoms with van der Waals surface area (Å²) in [7, 11) is 0. The Morgan fingerprint density at radius 2 is 2.17 bits per heavy atom. The highest BCUT2D eigenvalue weighted by atomic mass is 32.1. The van der Waals surface area contributed by atoms with Crippen LogP contribution in [0.25, 0.3) is 0 Å². The second-order valence-electron chi connectivity index (χ2n) is 3.71. The molecule has 4 nitrogen and oxygen atoms in total. The van der Waals surface area contributed by atoms with Crippen LogP contribution in [0.1, 0.15) is 27.0 Å². The van der Waals surface area contributed by atoms with E-state index < -0.39 is 6.04 Å². The van der Waals surface area contributed by atoms with E-state index >= 15 is 0 Å². The molecule has 5 heteroatoms. The van der Waals surface area contributed by atoms with E-state index in [4.69, 9.17) is 5.26 Å². The fraction of sp³-hybridized carbons (Fsp3) is 0.154. The van der Waals surface area contributed by atoms with Gasteiger partial charge in [-0.2, -0.15) is 5.26 Å². The molecule has 0 saturated carbocycles. The lowest BCUT2D eigenvalue weighted by Gasteiger charge is -2.11. The second kappa shape index (κ2) is 5.43. The summed E-state index contributed by atoms with van der Waals surface area (Å²) in [6.07, 6.45) is 0. The van der Waals surface area contributed by atoms with Crippen molar-refractivity contribution in [3.8, 4) is 6.07 Å². The van der Waals surface area contributed by atoms with Gasteiger partial charge >= 0.3 is 0 Å². The van der Waals surface area contributed by atoms with Gasteiger partial charge in [-0.15, -0.1) is 11.3 Å². The van der Waals surface area contributed by atoms with Crippen LogP contribution in [0.5, 0.6) is 0 Å². The molecular weight excluding hydrogens is 246 g/mol. The van der Waals surface area contributed by atoms with Gasteiger partial charge in [0.15, 0.2) is 0 Å². The van der Waals surface area contributed by atoms with Crippen molar-refractivity contribution in [1.29, 1.82) is 5.26 Å². The van der Waals surface area contributed by atoms with Crippen LogP contribution in [0.4, 0.5) is 0 Å². The van der Waals surface area contributed by atoms with Gasteiger partial charge in [-0.3, -0.25) is 4.79 Å². The van der Waals surface area contributed by atoms with Crippen molar-refractivity contribution in [2.45, 2.75) is 13.0 Å². The van der Waals surface area contributed by atoms with Crippen LogP contribution in [0.3, 0.4) is 0 Å². The number of nitrogens with one attached hydrogen (secondary N) is 1. The molecule has 1 N–H and O–H groups in total. The molecule has 0 spiro atoms. The summed E-state index contributed by atoms with van der Waals surface area (Å²) in [6, 6.07) is 10.6. The minimum Gasteiger partial charge on any atom is -0.332 e. The van der Waals surface area contributed by atoms with Gasteiger partial charge in [0.1, 0.15) is 10.9 Å². The maximum atomic E-state index is 12.0. The van der Waals surface area contributed by atoms with Crippen molar-refractivity contribution in [3.05, 3.63) is 52.0 Å². The van der Waals surface area contributed by atoms with Crippen LogP contribution < -0.4 is 5.32 Å². The molecule has 1 amide bonds. The molecule has 2 aromatic rings. The Morgan fingerprint density at radius 3 is 2.72 bits per heavy atom. The number of thiazole rings is 1. The molecule has 0 aliphatic rings. The third kappa shape index (κ3) is 2.55. The Morgan fingerprint density at radius 1 is 1.44 bits per heavy atom. The Kier molecular flexibility index (Phi) is 3.70. The number of hydrogen-bond donors (Lipinski definition) is 1. The van der Waals surface area contributed by atoms with Gasteiger partial charge < -0.3 is 5.32 Å². The monoisotopic (exact) mass is 257 g/mol. The highest BCUT2D eigenvalue weighted by molar-refractivity contribution is 7.11. The molecular formula is C13H11N3OS. The lowest BCUT2D eigenvalue weighted by Crippen LogP contribution is -2.27. The summed E-state index contributed by atoms with van der Waals surface area (Å²) < 4.78 is 0. The molecule has 18 heavy (non-hydrogen) atoms. The lowest BCUT2D eigenvalue weighted by molar-refractivity contribution is 0.0948. The molecule has 2 rings (SSSR count). The number of carbonyl (C=O) groups excluding carboxylic acids is 1. The molecule has 1 aromatic carbocycles. The van der Waals surface area contributed by atoms with E-state index in [2.05, 4.69) is 16.4 Å². The number of amides is 1. The predicted molar refractivity (Wildman–Crippen MR) is 69.1 cm³/mol. The van der Waals surface area contributed by atoms with Crippen LogP contribution in [-0.2, 0) is 0 Å². The van der Waals surface area contributed by atoms with Gasteiger partial charge in [0, 0.05) is 0 Å². The highest BCUT2D eigenvalue weighted by Gasteiger charge is 2.17. The Labute approximate surface area is 109 Å².